The minimum atomic E-state index is -4.20. The predicted molar refractivity (Wildman–Crippen MR) is 116 cm³/mol. The van der Waals surface area contributed by atoms with Crippen molar-refractivity contribution in [2.75, 3.05) is 6.54 Å². The second-order valence-electron chi connectivity index (χ2n) is 9.05. The van der Waals surface area contributed by atoms with E-state index < -0.39 is 24.0 Å². The first-order valence-electron chi connectivity index (χ1n) is 10.8. The van der Waals surface area contributed by atoms with E-state index in [0.29, 0.717) is 18.4 Å². The van der Waals surface area contributed by atoms with Crippen LogP contribution in [0.4, 0.5) is 13.2 Å². The maximum absolute atomic E-state index is 13.1. The fourth-order valence-electron chi connectivity index (χ4n) is 4.26. The van der Waals surface area contributed by atoms with E-state index in [4.69, 9.17) is 0 Å². The zero-order valence-electron chi connectivity index (χ0n) is 18.2. The van der Waals surface area contributed by atoms with Crippen LogP contribution >= 0.6 is 0 Å². The number of halogens is 3. The number of carboxylic acids is 1. The van der Waals surface area contributed by atoms with Crippen molar-refractivity contribution in [2.24, 2.45) is 11.8 Å². The summed E-state index contributed by atoms with van der Waals surface area (Å²) in [5, 5.41) is 12.9. The first-order chi connectivity index (χ1) is 14.5. The lowest BCUT2D eigenvalue weighted by Crippen LogP contribution is -2.40. The van der Waals surface area contributed by atoms with E-state index in [1.807, 2.05) is 63.2 Å². The van der Waals surface area contributed by atoms with Crippen LogP contribution in [-0.2, 0) is 4.79 Å². The molecule has 3 rings (SSSR count). The highest BCUT2D eigenvalue weighted by Gasteiger charge is 2.41. The maximum atomic E-state index is 13.1. The number of rotatable bonds is 6. The van der Waals surface area contributed by atoms with Crippen LogP contribution in [-0.4, -0.2) is 23.8 Å². The standard InChI is InChI=1S/C25H30F3NO2/c1-15(2)10-22(24(30)31)19-11-18(17-6-4-16(3)5-7-17)12-20(13-19)23-9-8-21(14-29-23)25(26,27)28/h4-7,11-13,15,21-23,29H,8-10,14H2,1-3H3,(H,30,31). The van der Waals surface area contributed by atoms with Gasteiger partial charge in [-0.2, -0.15) is 13.2 Å². The van der Waals surface area contributed by atoms with Crippen molar-refractivity contribution in [3.63, 3.8) is 0 Å². The molecule has 2 aromatic carbocycles. The fraction of sp³-hybridized carbons (Fsp3) is 0.480. The van der Waals surface area contributed by atoms with Crippen molar-refractivity contribution < 1.29 is 23.1 Å². The molecule has 3 atom stereocenters. The molecule has 1 aliphatic heterocycles. The van der Waals surface area contributed by atoms with Gasteiger partial charge in [0.15, 0.2) is 0 Å². The number of benzene rings is 2. The molecule has 0 spiro atoms. The van der Waals surface area contributed by atoms with E-state index in [2.05, 4.69) is 5.32 Å². The van der Waals surface area contributed by atoms with Crippen LogP contribution in [0.3, 0.4) is 0 Å². The van der Waals surface area contributed by atoms with Crippen molar-refractivity contribution in [1.82, 2.24) is 5.32 Å². The Morgan fingerprint density at radius 3 is 2.29 bits per heavy atom. The summed E-state index contributed by atoms with van der Waals surface area (Å²) in [6, 6.07) is 13.5. The quantitative estimate of drug-likeness (QED) is 0.548. The molecule has 3 unspecified atom stereocenters. The first kappa shape index (κ1) is 23.3. The lowest BCUT2D eigenvalue weighted by molar-refractivity contribution is -0.179. The van der Waals surface area contributed by atoms with Gasteiger partial charge in [-0.1, -0.05) is 55.8 Å². The van der Waals surface area contributed by atoms with E-state index in [-0.39, 0.29) is 24.9 Å². The van der Waals surface area contributed by atoms with Crippen LogP contribution in [0.5, 0.6) is 0 Å². The number of carboxylic acid groups (broad SMARTS) is 1. The summed E-state index contributed by atoms with van der Waals surface area (Å²) in [6.07, 6.45) is -3.26. The Morgan fingerprint density at radius 2 is 1.77 bits per heavy atom. The van der Waals surface area contributed by atoms with Gasteiger partial charge in [0.25, 0.3) is 0 Å². The number of hydrogen-bond acceptors (Lipinski definition) is 2. The number of carbonyl (C=O) groups is 1. The molecule has 1 heterocycles. The van der Waals surface area contributed by atoms with Gasteiger partial charge in [0.2, 0.25) is 0 Å². The SMILES string of the molecule is Cc1ccc(-c2cc(C3CCC(C(F)(F)F)CN3)cc(C(CC(C)C)C(=O)O)c2)cc1. The number of hydrogen-bond donors (Lipinski definition) is 2. The summed E-state index contributed by atoms with van der Waals surface area (Å²) in [6.45, 7) is 5.85. The van der Waals surface area contributed by atoms with E-state index in [1.54, 1.807) is 0 Å². The van der Waals surface area contributed by atoms with Gasteiger partial charge in [-0.05, 0) is 60.4 Å². The number of alkyl halides is 3. The van der Waals surface area contributed by atoms with Crippen LogP contribution in [0, 0.1) is 18.8 Å². The third-order valence-electron chi connectivity index (χ3n) is 6.05. The highest BCUT2D eigenvalue weighted by Crippen LogP contribution is 2.38. The number of aryl methyl sites for hydroxylation is 1. The largest absolute Gasteiger partial charge is 0.481 e. The van der Waals surface area contributed by atoms with E-state index in [1.165, 1.54) is 0 Å². The normalized spacial score (nSPS) is 20.6. The summed E-state index contributed by atoms with van der Waals surface area (Å²) in [4.78, 5) is 12.0. The molecule has 0 bridgehead atoms. The summed E-state index contributed by atoms with van der Waals surface area (Å²) in [5.41, 5.74) is 4.53. The van der Waals surface area contributed by atoms with Gasteiger partial charge >= 0.3 is 12.1 Å². The molecule has 1 aliphatic rings. The van der Waals surface area contributed by atoms with Gasteiger partial charge in [0, 0.05) is 12.6 Å². The fourth-order valence-corrected chi connectivity index (χ4v) is 4.26. The van der Waals surface area contributed by atoms with E-state index >= 15 is 0 Å². The first-order valence-corrected chi connectivity index (χ1v) is 10.8. The van der Waals surface area contributed by atoms with Crippen LogP contribution in [0.15, 0.2) is 42.5 Å². The van der Waals surface area contributed by atoms with E-state index in [0.717, 1.165) is 22.3 Å². The molecule has 0 saturated carbocycles. The maximum Gasteiger partial charge on any atom is 0.393 e. The number of aliphatic carboxylic acids is 1. The summed E-state index contributed by atoms with van der Waals surface area (Å²) in [5.74, 6) is -2.67. The molecule has 6 heteroatoms. The lowest BCUT2D eigenvalue weighted by Gasteiger charge is -2.32. The van der Waals surface area contributed by atoms with Crippen LogP contribution in [0.2, 0.25) is 0 Å². The Labute approximate surface area is 181 Å². The molecule has 0 radical (unpaired) electrons. The molecule has 2 aromatic rings. The third-order valence-corrected chi connectivity index (χ3v) is 6.05. The molecule has 168 valence electrons. The van der Waals surface area contributed by atoms with E-state index in [9.17, 15) is 23.1 Å². The van der Waals surface area contributed by atoms with Gasteiger partial charge in [-0.3, -0.25) is 4.79 Å². The molecule has 3 nitrogen and oxygen atoms in total. The van der Waals surface area contributed by atoms with Crippen LogP contribution in [0.25, 0.3) is 11.1 Å². The zero-order valence-corrected chi connectivity index (χ0v) is 18.2. The monoisotopic (exact) mass is 433 g/mol. The Bertz CT molecular complexity index is 898. The van der Waals surface area contributed by atoms with Crippen LogP contribution in [0.1, 0.15) is 61.8 Å². The van der Waals surface area contributed by atoms with Crippen molar-refractivity contribution in [3.05, 3.63) is 59.2 Å². The molecular formula is C25H30F3NO2. The topological polar surface area (TPSA) is 49.3 Å². The predicted octanol–water partition coefficient (Wildman–Crippen LogP) is 6.48. The molecule has 0 amide bonds. The number of piperidine rings is 1. The smallest absolute Gasteiger partial charge is 0.393 e. The highest BCUT2D eigenvalue weighted by atomic mass is 19.4. The van der Waals surface area contributed by atoms with Gasteiger partial charge in [0.1, 0.15) is 0 Å². The van der Waals surface area contributed by atoms with Gasteiger partial charge in [-0.25, -0.2) is 0 Å². The molecule has 1 fully saturated rings. The Morgan fingerprint density at radius 1 is 1.10 bits per heavy atom. The molecule has 0 aromatic heterocycles. The summed E-state index contributed by atoms with van der Waals surface area (Å²) >= 11 is 0. The average molecular weight is 434 g/mol. The molecule has 31 heavy (non-hydrogen) atoms. The Balaban J connectivity index is 1.99. The Hall–Kier alpha value is -2.34. The van der Waals surface area contributed by atoms with Gasteiger partial charge in [0.05, 0.1) is 11.8 Å². The third kappa shape index (κ3) is 5.88. The minimum absolute atomic E-state index is 0.0691. The molecular weight excluding hydrogens is 403 g/mol. The van der Waals surface area contributed by atoms with Gasteiger partial charge < -0.3 is 10.4 Å². The zero-order chi connectivity index (χ0) is 22.8. The molecule has 0 aliphatic carbocycles. The van der Waals surface area contributed by atoms with Crippen LogP contribution < -0.4 is 5.32 Å². The Kier molecular flexibility index (Phi) is 7.10. The van der Waals surface area contributed by atoms with Crippen molar-refractivity contribution >= 4 is 5.97 Å². The van der Waals surface area contributed by atoms with Gasteiger partial charge in [-0.15, -0.1) is 0 Å². The lowest BCUT2D eigenvalue weighted by atomic mass is 9.84. The van der Waals surface area contributed by atoms with Crippen molar-refractivity contribution in [3.8, 4) is 11.1 Å². The second-order valence-corrected chi connectivity index (χ2v) is 9.05. The summed E-state index contributed by atoms with van der Waals surface area (Å²) in [7, 11) is 0. The van der Waals surface area contributed by atoms with Crippen molar-refractivity contribution in [2.45, 2.75) is 58.2 Å². The molecule has 2 N–H and O–H groups in total. The molecule has 1 saturated heterocycles. The second kappa shape index (κ2) is 9.43. The number of nitrogens with one attached hydrogen (secondary N) is 1. The highest BCUT2D eigenvalue weighted by molar-refractivity contribution is 5.77. The van der Waals surface area contributed by atoms with Crippen molar-refractivity contribution in [1.29, 1.82) is 0 Å². The summed E-state index contributed by atoms with van der Waals surface area (Å²) < 4.78 is 39.2. The average Bonchev–Trinajstić information content (AvgIpc) is 2.71. The minimum Gasteiger partial charge on any atom is -0.481 e.